The Morgan fingerprint density at radius 3 is 2.38 bits per heavy atom. The normalized spacial score (nSPS) is 10.1. The molecule has 2 aromatic rings. The first-order chi connectivity index (χ1) is 7.74. The van der Waals surface area contributed by atoms with Gasteiger partial charge in [0, 0.05) is 11.0 Å². The second-order valence-corrected chi connectivity index (χ2v) is 4.56. The number of hydrogen-bond acceptors (Lipinski definition) is 3. The van der Waals surface area contributed by atoms with E-state index in [9.17, 15) is 0 Å². The van der Waals surface area contributed by atoms with E-state index in [1.165, 1.54) is 5.56 Å². The lowest BCUT2D eigenvalue weighted by Crippen LogP contribution is -2.02. The number of nitrogens with zero attached hydrogens (tertiary/aromatic N) is 2. The third-order valence-corrected chi connectivity index (χ3v) is 2.71. The number of aromatic nitrogens is 2. The van der Waals surface area contributed by atoms with Gasteiger partial charge in [0.05, 0.1) is 17.4 Å². The minimum atomic E-state index is 0.536. The summed E-state index contributed by atoms with van der Waals surface area (Å²) in [5.41, 5.74) is 1.17. The van der Waals surface area contributed by atoms with E-state index in [0.717, 1.165) is 4.47 Å². The van der Waals surface area contributed by atoms with Crippen LogP contribution in [0.3, 0.4) is 0 Å². The summed E-state index contributed by atoms with van der Waals surface area (Å²) in [6.45, 7) is 0.689. The van der Waals surface area contributed by atoms with Crippen molar-refractivity contribution in [2.45, 2.75) is 6.54 Å². The molecular formula is C11H9BrClN3. The molecule has 82 valence electrons. The van der Waals surface area contributed by atoms with E-state index in [-0.39, 0.29) is 0 Å². The maximum absolute atomic E-state index is 5.69. The SMILES string of the molecule is Clc1cnc(NCc2ccc(Br)cc2)nc1. The van der Waals surface area contributed by atoms with Crippen LogP contribution < -0.4 is 5.32 Å². The fourth-order valence-corrected chi connectivity index (χ4v) is 1.55. The molecule has 0 aliphatic carbocycles. The molecule has 0 atom stereocenters. The van der Waals surface area contributed by atoms with Gasteiger partial charge in [-0.2, -0.15) is 0 Å². The fourth-order valence-electron chi connectivity index (χ4n) is 1.19. The Labute approximate surface area is 107 Å². The monoisotopic (exact) mass is 297 g/mol. The molecule has 1 aromatic carbocycles. The van der Waals surface area contributed by atoms with Crippen molar-refractivity contribution in [3.8, 4) is 0 Å². The van der Waals surface area contributed by atoms with Crippen LogP contribution in [0.2, 0.25) is 5.02 Å². The van der Waals surface area contributed by atoms with Crippen LogP contribution in [-0.4, -0.2) is 9.97 Å². The standard InChI is InChI=1S/C11H9BrClN3/c12-9-3-1-8(2-4-9)5-14-11-15-6-10(13)7-16-11/h1-4,6-7H,5H2,(H,14,15,16). The third kappa shape index (κ3) is 3.18. The maximum atomic E-state index is 5.69. The first kappa shape index (κ1) is 11.4. The molecule has 0 saturated carbocycles. The number of halogens is 2. The topological polar surface area (TPSA) is 37.8 Å². The number of anilines is 1. The van der Waals surface area contributed by atoms with Crippen LogP contribution in [0.15, 0.2) is 41.1 Å². The predicted molar refractivity (Wildman–Crippen MR) is 68.5 cm³/mol. The summed E-state index contributed by atoms with van der Waals surface area (Å²) in [5.74, 6) is 0.576. The summed E-state index contributed by atoms with van der Waals surface area (Å²) in [5, 5.41) is 3.65. The lowest BCUT2D eigenvalue weighted by Gasteiger charge is -2.04. The van der Waals surface area contributed by atoms with Crippen LogP contribution in [-0.2, 0) is 6.54 Å². The second kappa shape index (κ2) is 5.27. The predicted octanol–water partition coefficient (Wildman–Crippen LogP) is 3.50. The zero-order valence-electron chi connectivity index (χ0n) is 8.32. The van der Waals surface area contributed by atoms with Gasteiger partial charge in [0.25, 0.3) is 0 Å². The van der Waals surface area contributed by atoms with Gasteiger partial charge in [0.15, 0.2) is 0 Å². The molecule has 0 unspecified atom stereocenters. The second-order valence-electron chi connectivity index (χ2n) is 3.20. The van der Waals surface area contributed by atoms with Crippen LogP contribution >= 0.6 is 27.5 Å². The van der Waals surface area contributed by atoms with Gasteiger partial charge in [-0.3, -0.25) is 0 Å². The maximum Gasteiger partial charge on any atom is 0.222 e. The molecule has 0 saturated heterocycles. The van der Waals surface area contributed by atoms with Crippen molar-refractivity contribution >= 4 is 33.5 Å². The summed E-state index contributed by atoms with van der Waals surface area (Å²) >= 11 is 9.08. The summed E-state index contributed by atoms with van der Waals surface area (Å²) in [7, 11) is 0. The Balaban J connectivity index is 1.97. The molecule has 1 aromatic heterocycles. The molecule has 0 fully saturated rings. The first-order valence-electron chi connectivity index (χ1n) is 4.70. The van der Waals surface area contributed by atoms with Gasteiger partial charge < -0.3 is 5.32 Å². The van der Waals surface area contributed by atoms with Crippen molar-refractivity contribution in [2.75, 3.05) is 5.32 Å². The summed E-state index contributed by atoms with van der Waals surface area (Å²) in [4.78, 5) is 8.09. The van der Waals surface area contributed by atoms with Crippen molar-refractivity contribution in [3.63, 3.8) is 0 Å². The van der Waals surface area contributed by atoms with Crippen LogP contribution in [0.4, 0.5) is 5.95 Å². The number of rotatable bonds is 3. The van der Waals surface area contributed by atoms with Crippen molar-refractivity contribution < 1.29 is 0 Å². The van der Waals surface area contributed by atoms with E-state index < -0.39 is 0 Å². The van der Waals surface area contributed by atoms with E-state index in [1.807, 2.05) is 24.3 Å². The smallest absolute Gasteiger partial charge is 0.222 e. The number of hydrogen-bond donors (Lipinski definition) is 1. The zero-order chi connectivity index (χ0) is 11.4. The number of benzene rings is 1. The molecule has 0 amide bonds. The largest absolute Gasteiger partial charge is 0.350 e. The van der Waals surface area contributed by atoms with Crippen LogP contribution in [0.5, 0.6) is 0 Å². The molecule has 5 heteroatoms. The molecule has 16 heavy (non-hydrogen) atoms. The molecular weight excluding hydrogens is 289 g/mol. The van der Waals surface area contributed by atoms with Crippen LogP contribution in [0.25, 0.3) is 0 Å². The minimum Gasteiger partial charge on any atom is -0.350 e. The van der Waals surface area contributed by atoms with Gasteiger partial charge in [-0.1, -0.05) is 39.7 Å². The lowest BCUT2D eigenvalue weighted by molar-refractivity contribution is 1.05. The highest BCUT2D eigenvalue weighted by Crippen LogP contribution is 2.11. The molecule has 0 radical (unpaired) electrons. The van der Waals surface area contributed by atoms with Gasteiger partial charge in [0.1, 0.15) is 0 Å². The van der Waals surface area contributed by atoms with E-state index in [1.54, 1.807) is 12.4 Å². The first-order valence-corrected chi connectivity index (χ1v) is 5.87. The van der Waals surface area contributed by atoms with Gasteiger partial charge >= 0.3 is 0 Å². The van der Waals surface area contributed by atoms with Crippen LogP contribution in [0, 0.1) is 0 Å². The number of nitrogens with one attached hydrogen (secondary N) is 1. The van der Waals surface area contributed by atoms with Crippen molar-refractivity contribution in [1.29, 1.82) is 0 Å². The average Bonchev–Trinajstić information content (AvgIpc) is 2.30. The molecule has 0 bridgehead atoms. The van der Waals surface area contributed by atoms with Gasteiger partial charge in [-0.05, 0) is 17.7 Å². The van der Waals surface area contributed by atoms with Gasteiger partial charge in [-0.25, -0.2) is 9.97 Å². The Morgan fingerprint density at radius 2 is 1.75 bits per heavy atom. The average molecular weight is 299 g/mol. The summed E-state index contributed by atoms with van der Waals surface area (Å²) in [6.07, 6.45) is 3.14. The third-order valence-electron chi connectivity index (χ3n) is 1.98. The lowest BCUT2D eigenvalue weighted by atomic mass is 10.2. The Hall–Kier alpha value is -1.13. The quantitative estimate of drug-likeness (QED) is 0.942. The van der Waals surface area contributed by atoms with Gasteiger partial charge in [-0.15, -0.1) is 0 Å². The van der Waals surface area contributed by atoms with Gasteiger partial charge in [0.2, 0.25) is 5.95 Å². The Kier molecular flexibility index (Phi) is 3.74. The van der Waals surface area contributed by atoms with E-state index in [4.69, 9.17) is 11.6 Å². The fraction of sp³-hybridized carbons (Fsp3) is 0.0909. The molecule has 0 aliphatic rings. The van der Waals surface area contributed by atoms with E-state index in [0.29, 0.717) is 17.5 Å². The molecule has 3 nitrogen and oxygen atoms in total. The summed E-state index contributed by atoms with van der Waals surface area (Å²) in [6, 6.07) is 8.07. The summed E-state index contributed by atoms with van der Waals surface area (Å²) < 4.78 is 1.07. The zero-order valence-corrected chi connectivity index (χ0v) is 10.7. The molecule has 0 aliphatic heterocycles. The van der Waals surface area contributed by atoms with Crippen molar-refractivity contribution in [2.24, 2.45) is 0 Å². The van der Waals surface area contributed by atoms with Crippen molar-refractivity contribution in [1.82, 2.24) is 9.97 Å². The van der Waals surface area contributed by atoms with Crippen LogP contribution in [0.1, 0.15) is 5.56 Å². The Bertz CT molecular complexity index is 410. The highest BCUT2D eigenvalue weighted by atomic mass is 79.9. The molecule has 2 rings (SSSR count). The van der Waals surface area contributed by atoms with E-state index >= 15 is 0 Å². The Morgan fingerprint density at radius 1 is 1.12 bits per heavy atom. The minimum absolute atomic E-state index is 0.536. The molecule has 0 spiro atoms. The van der Waals surface area contributed by atoms with Crippen molar-refractivity contribution in [3.05, 3.63) is 51.7 Å². The molecule has 1 N–H and O–H groups in total. The highest BCUT2D eigenvalue weighted by molar-refractivity contribution is 9.10. The molecule has 1 heterocycles. The van der Waals surface area contributed by atoms with E-state index in [2.05, 4.69) is 31.2 Å². The highest BCUT2D eigenvalue weighted by Gasteiger charge is 1.96.